The second-order valence-electron chi connectivity index (χ2n) is 4.88. The molecule has 19 heavy (non-hydrogen) atoms. The molecule has 0 fully saturated rings. The smallest absolute Gasteiger partial charge is 0.185 e. The van der Waals surface area contributed by atoms with E-state index in [0.717, 1.165) is 13.0 Å². The molecule has 0 spiro atoms. The van der Waals surface area contributed by atoms with Gasteiger partial charge in [-0.2, -0.15) is 5.10 Å². The van der Waals surface area contributed by atoms with Crippen LogP contribution in [0.25, 0.3) is 0 Å². The van der Waals surface area contributed by atoms with E-state index in [4.69, 9.17) is 0 Å². The first-order valence-corrected chi connectivity index (χ1v) is 6.46. The third kappa shape index (κ3) is 2.57. The number of carbonyl (C=O) groups is 2. The van der Waals surface area contributed by atoms with Crippen LogP contribution in [0.5, 0.6) is 0 Å². The molecule has 1 heterocycles. The molecule has 0 bridgehead atoms. The van der Waals surface area contributed by atoms with Crippen molar-refractivity contribution in [2.45, 2.75) is 40.2 Å². The second kappa shape index (κ2) is 5.34. The molecular formula is C15H18N2O2. The summed E-state index contributed by atoms with van der Waals surface area (Å²) >= 11 is 0. The molecule has 0 N–H and O–H groups in total. The van der Waals surface area contributed by atoms with Gasteiger partial charge in [-0.15, -0.1) is 0 Å². The summed E-state index contributed by atoms with van der Waals surface area (Å²) in [7, 11) is 0. The Kier molecular flexibility index (Phi) is 3.79. The average molecular weight is 258 g/mol. The first-order valence-electron chi connectivity index (χ1n) is 6.46. The maximum absolute atomic E-state index is 12.2. The molecule has 0 unspecified atom stereocenters. The minimum atomic E-state index is 0.00573. The van der Waals surface area contributed by atoms with Crippen LogP contribution in [0.3, 0.4) is 0 Å². The van der Waals surface area contributed by atoms with Crippen LogP contribution in [-0.4, -0.2) is 21.3 Å². The monoisotopic (exact) mass is 258 g/mol. The SMILES string of the molecule is CC1=C(C)C(=O)C(CCCn2cccn2)=C(C)C1=O. The Morgan fingerprint density at radius 3 is 2.37 bits per heavy atom. The maximum Gasteiger partial charge on any atom is 0.185 e. The van der Waals surface area contributed by atoms with Crippen molar-refractivity contribution in [2.24, 2.45) is 0 Å². The van der Waals surface area contributed by atoms with Gasteiger partial charge in [-0.3, -0.25) is 14.3 Å². The molecule has 0 atom stereocenters. The molecule has 0 amide bonds. The maximum atomic E-state index is 12.2. The largest absolute Gasteiger partial charge is 0.289 e. The van der Waals surface area contributed by atoms with Crippen LogP contribution in [0.1, 0.15) is 33.6 Å². The fraction of sp³-hybridized carbons (Fsp3) is 0.400. The minimum Gasteiger partial charge on any atom is -0.289 e. The number of allylic oxidation sites excluding steroid dienone is 4. The van der Waals surface area contributed by atoms with E-state index in [2.05, 4.69) is 5.10 Å². The van der Waals surface area contributed by atoms with E-state index in [1.807, 2.05) is 16.9 Å². The number of aryl methyl sites for hydroxylation is 1. The van der Waals surface area contributed by atoms with Gasteiger partial charge < -0.3 is 0 Å². The highest BCUT2D eigenvalue weighted by atomic mass is 16.1. The van der Waals surface area contributed by atoms with Gasteiger partial charge in [0.15, 0.2) is 11.6 Å². The van der Waals surface area contributed by atoms with Crippen LogP contribution in [0, 0.1) is 0 Å². The molecule has 0 radical (unpaired) electrons. The molecule has 4 heteroatoms. The molecule has 0 saturated heterocycles. The van der Waals surface area contributed by atoms with E-state index in [0.29, 0.717) is 28.7 Å². The lowest BCUT2D eigenvalue weighted by Crippen LogP contribution is -2.21. The van der Waals surface area contributed by atoms with E-state index in [9.17, 15) is 9.59 Å². The third-order valence-corrected chi connectivity index (χ3v) is 3.68. The zero-order valence-electron chi connectivity index (χ0n) is 11.6. The van der Waals surface area contributed by atoms with Gasteiger partial charge in [0, 0.05) is 41.2 Å². The summed E-state index contributed by atoms with van der Waals surface area (Å²) in [5, 5.41) is 4.12. The van der Waals surface area contributed by atoms with E-state index >= 15 is 0 Å². The summed E-state index contributed by atoms with van der Waals surface area (Å²) in [6, 6.07) is 1.87. The minimum absolute atomic E-state index is 0.00573. The Morgan fingerprint density at radius 2 is 1.74 bits per heavy atom. The summed E-state index contributed by atoms with van der Waals surface area (Å²) in [6.07, 6.45) is 5.06. The van der Waals surface area contributed by atoms with Gasteiger partial charge in [0.05, 0.1) is 0 Å². The standard InChI is InChI=1S/C15H18N2O2/c1-10-11(2)15(19)13(12(3)14(10)18)6-4-8-17-9-5-7-16-17/h5,7,9H,4,6,8H2,1-3H3. The molecular weight excluding hydrogens is 240 g/mol. The summed E-state index contributed by atoms with van der Waals surface area (Å²) < 4.78 is 1.83. The molecule has 0 saturated carbocycles. The van der Waals surface area contributed by atoms with Crippen molar-refractivity contribution in [3.8, 4) is 0 Å². The van der Waals surface area contributed by atoms with Crippen molar-refractivity contribution < 1.29 is 9.59 Å². The fourth-order valence-electron chi connectivity index (χ4n) is 2.31. The number of hydrogen-bond donors (Lipinski definition) is 0. The zero-order valence-corrected chi connectivity index (χ0v) is 11.6. The van der Waals surface area contributed by atoms with Crippen LogP contribution in [0.15, 0.2) is 40.8 Å². The number of carbonyl (C=O) groups excluding carboxylic acids is 2. The average Bonchev–Trinajstić information content (AvgIpc) is 2.91. The van der Waals surface area contributed by atoms with Gasteiger partial charge in [-0.25, -0.2) is 0 Å². The number of ketones is 2. The van der Waals surface area contributed by atoms with Crippen LogP contribution < -0.4 is 0 Å². The van der Waals surface area contributed by atoms with E-state index in [1.54, 1.807) is 27.0 Å². The molecule has 0 aromatic carbocycles. The van der Waals surface area contributed by atoms with Crippen LogP contribution in [0.4, 0.5) is 0 Å². The summed E-state index contributed by atoms with van der Waals surface area (Å²) in [6.45, 7) is 5.96. The first kappa shape index (κ1) is 13.5. The quantitative estimate of drug-likeness (QED) is 0.779. The van der Waals surface area contributed by atoms with E-state index in [1.165, 1.54) is 0 Å². The predicted octanol–water partition coefficient (Wildman–Crippen LogP) is 2.47. The lowest BCUT2D eigenvalue weighted by molar-refractivity contribution is -0.116. The number of aromatic nitrogens is 2. The molecule has 0 aliphatic heterocycles. The third-order valence-electron chi connectivity index (χ3n) is 3.68. The molecule has 1 aromatic heterocycles. The fourth-order valence-corrected chi connectivity index (χ4v) is 2.31. The molecule has 2 rings (SSSR count). The Morgan fingerprint density at radius 1 is 1.05 bits per heavy atom. The number of rotatable bonds is 4. The highest BCUT2D eigenvalue weighted by Crippen LogP contribution is 2.26. The van der Waals surface area contributed by atoms with Gasteiger partial charge >= 0.3 is 0 Å². The normalized spacial score (nSPS) is 16.6. The second-order valence-corrected chi connectivity index (χ2v) is 4.88. The van der Waals surface area contributed by atoms with E-state index < -0.39 is 0 Å². The van der Waals surface area contributed by atoms with Crippen molar-refractivity contribution in [3.05, 3.63) is 40.8 Å². The Hall–Kier alpha value is -1.97. The summed E-state index contributed by atoms with van der Waals surface area (Å²) in [4.78, 5) is 24.2. The Balaban J connectivity index is 2.07. The number of hydrogen-bond acceptors (Lipinski definition) is 3. The zero-order chi connectivity index (χ0) is 14.0. The van der Waals surface area contributed by atoms with Crippen molar-refractivity contribution >= 4 is 11.6 Å². The molecule has 1 aliphatic rings. The molecule has 1 aliphatic carbocycles. The van der Waals surface area contributed by atoms with Crippen LogP contribution >= 0.6 is 0 Å². The van der Waals surface area contributed by atoms with Crippen molar-refractivity contribution in [1.82, 2.24) is 9.78 Å². The Bertz CT molecular complexity index is 577. The summed E-state index contributed by atoms with van der Waals surface area (Å²) in [5.74, 6) is 0.0289. The number of nitrogens with zero attached hydrogens (tertiary/aromatic N) is 2. The van der Waals surface area contributed by atoms with Gasteiger partial charge in [0.25, 0.3) is 0 Å². The Labute approximate surface area is 112 Å². The molecule has 100 valence electrons. The highest BCUT2D eigenvalue weighted by molar-refractivity contribution is 6.24. The van der Waals surface area contributed by atoms with Gasteiger partial charge in [-0.1, -0.05) is 0 Å². The topological polar surface area (TPSA) is 52.0 Å². The first-order chi connectivity index (χ1) is 9.02. The molecule has 4 nitrogen and oxygen atoms in total. The van der Waals surface area contributed by atoms with Gasteiger partial charge in [0.1, 0.15) is 0 Å². The van der Waals surface area contributed by atoms with Crippen molar-refractivity contribution in [3.63, 3.8) is 0 Å². The molecule has 1 aromatic rings. The van der Waals surface area contributed by atoms with E-state index in [-0.39, 0.29) is 11.6 Å². The highest BCUT2D eigenvalue weighted by Gasteiger charge is 2.27. The lowest BCUT2D eigenvalue weighted by Gasteiger charge is -2.18. The number of Topliss-reactive ketones (excluding diaryl/α,β-unsaturated/α-hetero) is 2. The van der Waals surface area contributed by atoms with Crippen LogP contribution in [-0.2, 0) is 16.1 Å². The van der Waals surface area contributed by atoms with Gasteiger partial charge in [-0.05, 0) is 39.7 Å². The lowest BCUT2D eigenvalue weighted by atomic mass is 9.84. The summed E-state index contributed by atoms with van der Waals surface area (Å²) in [5.41, 5.74) is 2.44. The van der Waals surface area contributed by atoms with Crippen molar-refractivity contribution in [2.75, 3.05) is 0 Å². The van der Waals surface area contributed by atoms with Crippen LogP contribution in [0.2, 0.25) is 0 Å². The predicted molar refractivity (Wildman–Crippen MR) is 72.5 cm³/mol. The van der Waals surface area contributed by atoms with Gasteiger partial charge in [0.2, 0.25) is 0 Å². The van der Waals surface area contributed by atoms with Crippen molar-refractivity contribution in [1.29, 1.82) is 0 Å².